The molecule has 4 heteroatoms. The lowest BCUT2D eigenvalue weighted by atomic mass is 10.0. The van der Waals surface area contributed by atoms with Crippen LogP contribution in [0, 0.1) is 11.8 Å². The summed E-state index contributed by atoms with van der Waals surface area (Å²) in [6.45, 7) is 3.18. The summed E-state index contributed by atoms with van der Waals surface area (Å²) in [6, 6.07) is -0.292. The summed E-state index contributed by atoms with van der Waals surface area (Å²) in [5.74, 6) is 1.09. The molecule has 0 unspecified atom stereocenters. The van der Waals surface area contributed by atoms with Gasteiger partial charge in [0.15, 0.2) is 0 Å². The zero-order valence-corrected chi connectivity index (χ0v) is 6.32. The van der Waals surface area contributed by atoms with Crippen LogP contribution >= 0.6 is 0 Å². The van der Waals surface area contributed by atoms with Crippen LogP contribution < -0.4 is 5.73 Å². The Morgan fingerprint density at radius 2 is 1.91 bits per heavy atom. The van der Waals surface area contributed by atoms with Gasteiger partial charge in [-0.25, -0.2) is 4.79 Å². The molecule has 2 heterocycles. The highest BCUT2D eigenvalue weighted by atomic mass is 16.5. The molecule has 2 aliphatic rings. The standard InChI is InChI=1S/C7H12N2O2/c8-7(10)9-1-5-3-11-4-6(5)2-9/h5-6H,1-4H2,(H2,8,10)/t5-,6+. The number of hydrogen-bond acceptors (Lipinski definition) is 2. The van der Waals surface area contributed by atoms with E-state index in [1.165, 1.54) is 0 Å². The molecule has 2 N–H and O–H groups in total. The van der Waals surface area contributed by atoms with Gasteiger partial charge in [-0.1, -0.05) is 0 Å². The Kier molecular flexibility index (Phi) is 1.49. The molecule has 4 nitrogen and oxygen atoms in total. The highest BCUT2D eigenvalue weighted by Gasteiger charge is 2.38. The lowest BCUT2D eigenvalue weighted by Crippen LogP contribution is -2.34. The second kappa shape index (κ2) is 2.37. The molecule has 2 saturated heterocycles. The third-order valence-corrected chi connectivity index (χ3v) is 2.55. The molecular formula is C7H12N2O2. The zero-order chi connectivity index (χ0) is 7.84. The Hall–Kier alpha value is -0.770. The van der Waals surface area contributed by atoms with Crippen molar-refractivity contribution in [1.29, 1.82) is 0 Å². The number of fused-ring (bicyclic) bond motifs is 1. The van der Waals surface area contributed by atoms with Crippen LogP contribution in [0.4, 0.5) is 4.79 Å². The average Bonchev–Trinajstić information content (AvgIpc) is 2.40. The van der Waals surface area contributed by atoms with Gasteiger partial charge in [-0.05, 0) is 0 Å². The van der Waals surface area contributed by atoms with Crippen LogP contribution in [0.5, 0.6) is 0 Å². The van der Waals surface area contributed by atoms with E-state index < -0.39 is 0 Å². The molecule has 62 valence electrons. The quantitative estimate of drug-likeness (QED) is 0.521. The maximum absolute atomic E-state index is 10.7. The first-order chi connectivity index (χ1) is 5.27. The van der Waals surface area contributed by atoms with E-state index in [-0.39, 0.29) is 6.03 Å². The smallest absolute Gasteiger partial charge is 0.314 e. The molecule has 2 aliphatic heterocycles. The van der Waals surface area contributed by atoms with Gasteiger partial charge in [0.2, 0.25) is 0 Å². The van der Waals surface area contributed by atoms with Crippen molar-refractivity contribution in [3.8, 4) is 0 Å². The summed E-state index contributed by atoms with van der Waals surface area (Å²) in [6.07, 6.45) is 0. The van der Waals surface area contributed by atoms with Crippen molar-refractivity contribution in [3.63, 3.8) is 0 Å². The number of ether oxygens (including phenoxy) is 1. The number of nitrogens with zero attached hydrogens (tertiary/aromatic N) is 1. The number of carbonyl (C=O) groups is 1. The Morgan fingerprint density at radius 1 is 1.36 bits per heavy atom. The van der Waals surface area contributed by atoms with Crippen molar-refractivity contribution >= 4 is 6.03 Å². The fourth-order valence-corrected chi connectivity index (χ4v) is 1.87. The van der Waals surface area contributed by atoms with Crippen LogP contribution in [0.2, 0.25) is 0 Å². The van der Waals surface area contributed by atoms with Gasteiger partial charge < -0.3 is 15.4 Å². The van der Waals surface area contributed by atoms with E-state index in [2.05, 4.69) is 0 Å². The van der Waals surface area contributed by atoms with Crippen molar-refractivity contribution in [1.82, 2.24) is 4.90 Å². The Morgan fingerprint density at radius 3 is 2.36 bits per heavy atom. The fraction of sp³-hybridized carbons (Fsp3) is 0.857. The number of likely N-dealkylation sites (tertiary alicyclic amines) is 1. The predicted octanol–water partition coefficient (Wildman–Crippen LogP) is -0.357. The summed E-state index contributed by atoms with van der Waals surface area (Å²) >= 11 is 0. The van der Waals surface area contributed by atoms with Crippen molar-refractivity contribution in [2.24, 2.45) is 17.6 Å². The lowest BCUT2D eigenvalue weighted by molar-refractivity contribution is 0.157. The SMILES string of the molecule is NC(=O)N1C[C@H]2COC[C@H]2C1. The minimum absolute atomic E-state index is 0.292. The van der Waals surface area contributed by atoms with E-state index in [1.54, 1.807) is 4.90 Å². The molecule has 0 radical (unpaired) electrons. The molecular weight excluding hydrogens is 144 g/mol. The number of primary amides is 1. The number of rotatable bonds is 0. The Bertz CT molecular complexity index is 171. The molecule has 11 heavy (non-hydrogen) atoms. The molecule has 0 saturated carbocycles. The fourth-order valence-electron chi connectivity index (χ4n) is 1.87. The van der Waals surface area contributed by atoms with Crippen LogP contribution in [0.3, 0.4) is 0 Å². The number of amides is 2. The van der Waals surface area contributed by atoms with Gasteiger partial charge in [0.1, 0.15) is 0 Å². The van der Waals surface area contributed by atoms with Gasteiger partial charge in [0.25, 0.3) is 0 Å². The average molecular weight is 156 g/mol. The van der Waals surface area contributed by atoms with Gasteiger partial charge in [-0.3, -0.25) is 0 Å². The molecule has 0 aromatic rings. The van der Waals surface area contributed by atoms with E-state index in [4.69, 9.17) is 10.5 Å². The number of hydrogen-bond donors (Lipinski definition) is 1. The zero-order valence-electron chi connectivity index (χ0n) is 6.32. The van der Waals surface area contributed by atoms with Crippen LogP contribution in [0.1, 0.15) is 0 Å². The van der Waals surface area contributed by atoms with Gasteiger partial charge in [0, 0.05) is 24.9 Å². The normalized spacial score (nSPS) is 35.8. The molecule has 0 bridgehead atoms. The minimum Gasteiger partial charge on any atom is -0.381 e. The first-order valence-electron chi connectivity index (χ1n) is 3.89. The predicted molar refractivity (Wildman–Crippen MR) is 39.0 cm³/mol. The molecule has 0 aliphatic carbocycles. The Labute approximate surface area is 65.3 Å². The first-order valence-corrected chi connectivity index (χ1v) is 3.89. The van der Waals surface area contributed by atoms with Gasteiger partial charge in [0.05, 0.1) is 13.2 Å². The van der Waals surface area contributed by atoms with Crippen molar-refractivity contribution in [2.75, 3.05) is 26.3 Å². The van der Waals surface area contributed by atoms with Crippen LogP contribution in [0.15, 0.2) is 0 Å². The lowest BCUT2D eigenvalue weighted by Gasteiger charge is -2.13. The summed E-state index contributed by atoms with van der Waals surface area (Å²) in [5, 5.41) is 0. The molecule has 0 aromatic heterocycles. The third kappa shape index (κ3) is 1.07. The van der Waals surface area contributed by atoms with E-state index >= 15 is 0 Å². The maximum atomic E-state index is 10.7. The number of carbonyl (C=O) groups excluding carboxylic acids is 1. The molecule has 2 fully saturated rings. The largest absolute Gasteiger partial charge is 0.381 e. The van der Waals surface area contributed by atoms with Gasteiger partial charge in [-0.2, -0.15) is 0 Å². The van der Waals surface area contributed by atoms with E-state index in [0.29, 0.717) is 11.8 Å². The molecule has 2 amide bonds. The van der Waals surface area contributed by atoms with E-state index in [0.717, 1.165) is 26.3 Å². The van der Waals surface area contributed by atoms with Crippen LogP contribution in [-0.2, 0) is 4.74 Å². The van der Waals surface area contributed by atoms with Crippen LogP contribution in [-0.4, -0.2) is 37.2 Å². The highest BCUT2D eigenvalue weighted by Crippen LogP contribution is 2.28. The van der Waals surface area contributed by atoms with Crippen LogP contribution in [0.25, 0.3) is 0 Å². The van der Waals surface area contributed by atoms with Crippen molar-refractivity contribution < 1.29 is 9.53 Å². The molecule has 0 spiro atoms. The van der Waals surface area contributed by atoms with E-state index in [9.17, 15) is 4.79 Å². The molecule has 2 atom stereocenters. The summed E-state index contributed by atoms with van der Waals surface area (Å²) in [7, 11) is 0. The highest BCUT2D eigenvalue weighted by molar-refractivity contribution is 5.72. The molecule has 0 aromatic carbocycles. The first kappa shape index (κ1) is 6.91. The summed E-state index contributed by atoms with van der Waals surface area (Å²) in [5.41, 5.74) is 5.15. The van der Waals surface area contributed by atoms with Crippen molar-refractivity contribution in [3.05, 3.63) is 0 Å². The monoisotopic (exact) mass is 156 g/mol. The second-order valence-electron chi connectivity index (χ2n) is 3.30. The topological polar surface area (TPSA) is 55.6 Å². The van der Waals surface area contributed by atoms with E-state index in [1.807, 2.05) is 0 Å². The second-order valence-corrected chi connectivity index (χ2v) is 3.30. The maximum Gasteiger partial charge on any atom is 0.314 e. The summed E-state index contributed by atoms with van der Waals surface area (Å²) < 4.78 is 5.26. The Balaban J connectivity index is 1.99. The third-order valence-electron chi connectivity index (χ3n) is 2.55. The van der Waals surface area contributed by atoms with Crippen molar-refractivity contribution in [2.45, 2.75) is 0 Å². The minimum atomic E-state index is -0.292. The van der Waals surface area contributed by atoms with Gasteiger partial charge >= 0.3 is 6.03 Å². The number of urea groups is 1. The van der Waals surface area contributed by atoms with Gasteiger partial charge in [-0.15, -0.1) is 0 Å². The molecule has 2 rings (SSSR count). The number of nitrogens with two attached hydrogens (primary N) is 1. The summed E-state index contributed by atoms with van der Waals surface area (Å²) in [4.78, 5) is 12.4.